The molecular weight excluding hydrogens is 188 g/mol. The van der Waals surface area contributed by atoms with Crippen molar-refractivity contribution in [3.8, 4) is 0 Å². The number of likely N-dealkylation sites (tertiary alicyclic amines) is 1. The van der Waals surface area contributed by atoms with Crippen LogP contribution in [-0.2, 0) is 4.79 Å². The summed E-state index contributed by atoms with van der Waals surface area (Å²) in [5.41, 5.74) is 5.90. The predicted octanol–water partition coefficient (Wildman–Crippen LogP) is 1.23. The molecule has 0 aromatic rings. The second-order valence-corrected chi connectivity index (χ2v) is 5.75. The van der Waals surface area contributed by atoms with Gasteiger partial charge in [0.15, 0.2) is 0 Å². The highest BCUT2D eigenvalue weighted by molar-refractivity contribution is 5.82. The number of carbonyl (C=O) groups is 1. The molecule has 1 atom stereocenters. The van der Waals surface area contributed by atoms with Crippen molar-refractivity contribution >= 4 is 5.91 Å². The number of amides is 1. The van der Waals surface area contributed by atoms with Crippen molar-refractivity contribution in [1.82, 2.24) is 4.90 Å². The first-order valence-corrected chi connectivity index (χ1v) is 6.03. The van der Waals surface area contributed by atoms with Gasteiger partial charge in [-0.2, -0.15) is 0 Å². The Hall–Kier alpha value is -0.570. The Kier molecular flexibility index (Phi) is 2.75. The molecule has 1 aliphatic carbocycles. The molecule has 1 aliphatic heterocycles. The zero-order valence-electron chi connectivity index (χ0n) is 9.83. The Bertz CT molecular complexity index is 254. The molecule has 0 bridgehead atoms. The van der Waals surface area contributed by atoms with Crippen LogP contribution in [0.2, 0.25) is 0 Å². The van der Waals surface area contributed by atoms with E-state index in [4.69, 9.17) is 5.73 Å². The highest BCUT2D eigenvalue weighted by Crippen LogP contribution is 2.52. The molecule has 86 valence electrons. The molecule has 3 heteroatoms. The SMILES string of the molecule is CC1(C)CC1C(=O)N1CCC(CN)CC1. The molecule has 2 aliphatic rings. The average molecular weight is 210 g/mol. The van der Waals surface area contributed by atoms with Gasteiger partial charge in [-0.05, 0) is 37.1 Å². The molecule has 0 radical (unpaired) electrons. The van der Waals surface area contributed by atoms with E-state index in [1.165, 1.54) is 0 Å². The fourth-order valence-corrected chi connectivity index (χ4v) is 2.50. The maximum absolute atomic E-state index is 12.1. The fraction of sp³-hybridized carbons (Fsp3) is 0.917. The van der Waals surface area contributed by atoms with Gasteiger partial charge in [0.25, 0.3) is 0 Å². The maximum atomic E-state index is 12.1. The molecule has 2 fully saturated rings. The van der Waals surface area contributed by atoms with Gasteiger partial charge in [-0.25, -0.2) is 0 Å². The molecule has 1 heterocycles. The zero-order chi connectivity index (χ0) is 11.1. The van der Waals surface area contributed by atoms with Gasteiger partial charge in [-0.1, -0.05) is 13.8 Å². The first kappa shape index (κ1) is 10.9. The number of piperidine rings is 1. The minimum atomic E-state index is 0.266. The van der Waals surface area contributed by atoms with Crippen LogP contribution in [0.15, 0.2) is 0 Å². The van der Waals surface area contributed by atoms with Crippen LogP contribution in [0, 0.1) is 17.3 Å². The van der Waals surface area contributed by atoms with E-state index in [1.807, 2.05) is 4.90 Å². The van der Waals surface area contributed by atoms with Gasteiger partial charge in [-0.3, -0.25) is 4.79 Å². The lowest BCUT2D eigenvalue weighted by Crippen LogP contribution is -2.41. The monoisotopic (exact) mass is 210 g/mol. The Morgan fingerprint density at radius 3 is 2.33 bits per heavy atom. The van der Waals surface area contributed by atoms with Gasteiger partial charge in [-0.15, -0.1) is 0 Å². The Balaban J connectivity index is 1.84. The van der Waals surface area contributed by atoms with Gasteiger partial charge < -0.3 is 10.6 Å². The van der Waals surface area contributed by atoms with Crippen molar-refractivity contribution in [3.63, 3.8) is 0 Å². The number of hydrogen-bond acceptors (Lipinski definition) is 2. The molecule has 15 heavy (non-hydrogen) atoms. The van der Waals surface area contributed by atoms with Crippen molar-refractivity contribution < 1.29 is 4.79 Å². The smallest absolute Gasteiger partial charge is 0.226 e. The van der Waals surface area contributed by atoms with Crippen LogP contribution >= 0.6 is 0 Å². The lowest BCUT2D eigenvalue weighted by Gasteiger charge is -2.31. The molecule has 2 N–H and O–H groups in total. The van der Waals surface area contributed by atoms with Crippen molar-refractivity contribution in [1.29, 1.82) is 0 Å². The number of hydrogen-bond donors (Lipinski definition) is 1. The summed E-state index contributed by atoms with van der Waals surface area (Å²) in [6.07, 6.45) is 3.26. The summed E-state index contributed by atoms with van der Waals surface area (Å²) < 4.78 is 0. The van der Waals surface area contributed by atoms with Crippen molar-refractivity contribution in [2.75, 3.05) is 19.6 Å². The largest absolute Gasteiger partial charge is 0.342 e. The minimum Gasteiger partial charge on any atom is -0.342 e. The quantitative estimate of drug-likeness (QED) is 0.745. The third kappa shape index (κ3) is 2.17. The van der Waals surface area contributed by atoms with Gasteiger partial charge in [0.2, 0.25) is 5.91 Å². The topological polar surface area (TPSA) is 46.3 Å². The Morgan fingerprint density at radius 2 is 1.93 bits per heavy atom. The van der Waals surface area contributed by atoms with Crippen LogP contribution in [0.3, 0.4) is 0 Å². The fourth-order valence-electron chi connectivity index (χ4n) is 2.50. The van der Waals surface area contributed by atoms with Gasteiger partial charge in [0.1, 0.15) is 0 Å². The summed E-state index contributed by atoms with van der Waals surface area (Å²) in [6, 6.07) is 0. The molecule has 0 spiro atoms. The van der Waals surface area contributed by atoms with Crippen LogP contribution < -0.4 is 5.73 Å². The third-order valence-corrected chi connectivity index (χ3v) is 4.07. The molecule has 3 nitrogen and oxygen atoms in total. The van der Waals surface area contributed by atoms with Crippen molar-refractivity contribution in [2.24, 2.45) is 23.0 Å². The first-order valence-electron chi connectivity index (χ1n) is 6.03. The van der Waals surface area contributed by atoms with Crippen LogP contribution in [0.1, 0.15) is 33.1 Å². The minimum absolute atomic E-state index is 0.266. The highest BCUT2D eigenvalue weighted by Gasteiger charge is 2.52. The summed E-state index contributed by atoms with van der Waals surface area (Å²) in [7, 11) is 0. The standard InChI is InChI=1S/C12H22N2O/c1-12(2)7-10(12)11(15)14-5-3-9(8-13)4-6-14/h9-10H,3-8,13H2,1-2H3. The molecule has 1 amide bonds. The van der Waals surface area contributed by atoms with E-state index >= 15 is 0 Å². The van der Waals surface area contributed by atoms with Crippen LogP contribution in [0.4, 0.5) is 0 Å². The summed E-state index contributed by atoms with van der Waals surface area (Å²) in [5.74, 6) is 1.32. The van der Waals surface area contributed by atoms with E-state index in [0.717, 1.165) is 38.9 Å². The Labute approximate surface area is 92.0 Å². The van der Waals surface area contributed by atoms with Gasteiger partial charge >= 0.3 is 0 Å². The highest BCUT2D eigenvalue weighted by atomic mass is 16.2. The van der Waals surface area contributed by atoms with Crippen LogP contribution in [0.25, 0.3) is 0 Å². The maximum Gasteiger partial charge on any atom is 0.226 e. The van der Waals surface area contributed by atoms with E-state index < -0.39 is 0 Å². The lowest BCUT2D eigenvalue weighted by atomic mass is 9.96. The molecule has 0 aromatic carbocycles. The molecule has 1 unspecified atom stereocenters. The van der Waals surface area contributed by atoms with E-state index in [2.05, 4.69) is 13.8 Å². The summed E-state index contributed by atoms with van der Waals surface area (Å²) in [5, 5.41) is 0. The third-order valence-electron chi connectivity index (χ3n) is 4.07. The summed E-state index contributed by atoms with van der Waals surface area (Å²) in [6.45, 7) is 6.99. The van der Waals surface area contributed by atoms with Gasteiger partial charge in [0.05, 0.1) is 0 Å². The lowest BCUT2D eigenvalue weighted by molar-refractivity contribution is -0.134. The van der Waals surface area contributed by atoms with E-state index in [9.17, 15) is 4.79 Å². The zero-order valence-corrected chi connectivity index (χ0v) is 9.83. The first-order chi connectivity index (χ1) is 7.04. The van der Waals surface area contributed by atoms with Crippen LogP contribution in [-0.4, -0.2) is 30.4 Å². The number of rotatable bonds is 2. The summed E-state index contributed by atoms with van der Waals surface area (Å²) in [4.78, 5) is 14.1. The normalized spacial score (nSPS) is 30.3. The van der Waals surface area contributed by atoms with E-state index in [1.54, 1.807) is 0 Å². The molecule has 1 saturated heterocycles. The van der Waals surface area contributed by atoms with Crippen LogP contribution in [0.5, 0.6) is 0 Å². The second kappa shape index (κ2) is 3.78. The number of nitrogens with two attached hydrogens (primary N) is 1. The summed E-state index contributed by atoms with van der Waals surface area (Å²) >= 11 is 0. The average Bonchev–Trinajstić information content (AvgIpc) is 2.87. The number of carbonyl (C=O) groups excluding carboxylic acids is 1. The van der Waals surface area contributed by atoms with Gasteiger partial charge in [0, 0.05) is 19.0 Å². The van der Waals surface area contributed by atoms with Crippen molar-refractivity contribution in [3.05, 3.63) is 0 Å². The Morgan fingerprint density at radius 1 is 1.40 bits per heavy atom. The predicted molar refractivity (Wildman–Crippen MR) is 60.2 cm³/mol. The number of nitrogens with zero attached hydrogens (tertiary/aromatic N) is 1. The van der Waals surface area contributed by atoms with Crippen molar-refractivity contribution in [2.45, 2.75) is 33.1 Å². The second-order valence-electron chi connectivity index (χ2n) is 5.75. The molecule has 0 aromatic heterocycles. The van der Waals surface area contributed by atoms with E-state index in [-0.39, 0.29) is 5.41 Å². The molecule has 1 saturated carbocycles. The van der Waals surface area contributed by atoms with E-state index in [0.29, 0.717) is 17.7 Å². The molecule has 2 rings (SSSR count). The molecular formula is C12H22N2O.